The van der Waals surface area contributed by atoms with Gasteiger partial charge in [-0.1, -0.05) is 23.8 Å². The number of allylic oxidation sites excluding steroid dienone is 6. The molecule has 2 aromatic carbocycles. The average Bonchev–Trinajstić information content (AvgIpc) is 3.13. The highest BCUT2D eigenvalue weighted by molar-refractivity contribution is 14.1. The lowest BCUT2D eigenvalue weighted by atomic mass is 9.59. The van der Waals surface area contributed by atoms with Gasteiger partial charge >= 0.3 is 0 Å². The lowest BCUT2D eigenvalue weighted by molar-refractivity contribution is -0.123. The molecule has 1 saturated heterocycles. The van der Waals surface area contributed by atoms with Gasteiger partial charge in [0.1, 0.15) is 5.75 Å². The molecule has 0 aromatic heterocycles. The number of hydrogen-bond donors (Lipinski definition) is 1. The zero-order valence-electron chi connectivity index (χ0n) is 20.3. The molecule has 1 fully saturated rings. The van der Waals surface area contributed by atoms with Crippen molar-refractivity contribution in [1.82, 2.24) is 0 Å². The van der Waals surface area contributed by atoms with Gasteiger partial charge in [0.25, 0.3) is 0 Å². The number of benzene rings is 2. The summed E-state index contributed by atoms with van der Waals surface area (Å²) in [6.07, 6.45) is 4.06. The fourth-order valence-electron chi connectivity index (χ4n) is 6.46. The molecule has 0 saturated carbocycles. The molecule has 0 bridgehead atoms. The zero-order valence-corrected chi connectivity index (χ0v) is 22.5. The number of phenolic OH excluding ortho intramolecular Hbond substituents is 1. The number of halogens is 1. The van der Waals surface area contributed by atoms with Crippen LogP contribution in [-0.2, 0) is 19.2 Å². The van der Waals surface area contributed by atoms with E-state index in [0.29, 0.717) is 34.4 Å². The summed E-state index contributed by atoms with van der Waals surface area (Å²) in [5, 5.41) is 10.1. The molecular formula is C30H24INO5. The summed E-state index contributed by atoms with van der Waals surface area (Å²) >= 11 is 2.18. The van der Waals surface area contributed by atoms with E-state index < -0.39 is 17.8 Å². The Morgan fingerprint density at radius 1 is 0.946 bits per heavy atom. The molecule has 7 heteroatoms. The van der Waals surface area contributed by atoms with Crippen LogP contribution in [0.3, 0.4) is 0 Å². The van der Waals surface area contributed by atoms with E-state index in [-0.39, 0.29) is 41.5 Å². The average molecular weight is 605 g/mol. The monoisotopic (exact) mass is 605 g/mol. The van der Waals surface area contributed by atoms with Crippen molar-refractivity contribution in [3.05, 3.63) is 91.6 Å². The molecule has 186 valence electrons. The number of rotatable bonds is 2. The maximum atomic E-state index is 13.9. The van der Waals surface area contributed by atoms with E-state index in [1.165, 1.54) is 11.0 Å². The first-order valence-corrected chi connectivity index (χ1v) is 13.4. The highest BCUT2D eigenvalue weighted by Crippen LogP contribution is 2.55. The number of carbonyl (C=O) groups excluding carboxylic acids is 4. The Hall–Kier alpha value is -3.33. The molecule has 0 spiro atoms. The minimum Gasteiger partial charge on any atom is -0.508 e. The number of anilines is 1. The van der Waals surface area contributed by atoms with Crippen molar-refractivity contribution in [2.45, 2.75) is 32.6 Å². The van der Waals surface area contributed by atoms with Gasteiger partial charge in [-0.05, 0) is 103 Å². The standard InChI is InChI=1S/C30H24INO5/c1-14-11-16(3-10-23(14)33)25-19-8-9-20-26(21(19)13-22-27(25)24(34)12-15(2)28(22)35)30(37)32(29(20)36)18-6-4-17(31)5-7-18/h3-8,10-12,20-21,25-26,33H,9,13H2,1-2H3. The Labute approximate surface area is 227 Å². The van der Waals surface area contributed by atoms with Gasteiger partial charge in [-0.15, -0.1) is 0 Å². The summed E-state index contributed by atoms with van der Waals surface area (Å²) in [6.45, 7) is 3.43. The molecule has 37 heavy (non-hydrogen) atoms. The number of aromatic hydroxyl groups is 1. The summed E-state index contributed by atoms with van der Waals surface area (Å²) in [7, 11) is 0. The van der Waals surface area contributed by atoms with Crippen molar-refractivity contribution in [3.63, 3.8) is 0 Å². The third kappa shape index (κ3) is 3.58. The lowest BCUT2D eigenvalue weighted by Crippen LogP contribution is -2.39. The number of phenols is 1. The summed E-state index contributed by atoms with van der Waals surface area (Å²) in [4.78, 5) is 55.3. The molecule has 4 atom stereocenters. The molecule has 2 amide bonds. The van der Waals surface area contributed by atoms with Crippen LogP contribution >= 0.6 is 22.6 Å². The van der Waals surface area contributed by atoms with Crippen molar-refractivity contribution in [2.75, 3.05) is 4.90 Å². The second kappa shape index (κ2) is 8.62. The van der Waals surface area contributed by atoms with Crippen LogP contribution in [0.4, 0.5) is 5.69 Å². The number of hydrogen-bond acceptors (Lipinski definition) is 5. The third-order valence-electron chi connectivity index (χ3n) is 8.20. The van der Waals surface area contributed by atoms with E-state index in [4.69, 9.17) is 0 Å². The van der Waals surface area contributed by atoms with Crippen LogP contribution in [0.1, 0.15) is 36.8 Å². The molecule has 4 aliphatic rings. The Bertz CT molecular complexity index is 1510. The SMILES string of the molecule is CC1=CC(=O)C2=C(CC3C(=CCC4C(=O)N(c5ccc(I)cc5)C(=O)C43)C2c2ccc(O)c(C)c2)C1=O. The molecule has 6 nitrogen and oxygen atoms in total. The van der Waals surface area contributed by atoms with E-state index in [9.17, 15) is 24.3 Å². The number of nitrogens with zero attached hydrogens (tertiary/aromatic N) is 1. The minimum absolute atomic E-state index is 0.148. The predicted molar refractivity (Wildman–Crippen MR) is 146 cm³/mol. The number of amides is 2. The van der Waals surface area contributed by atoms with Crippen LogP contribution < -0.4 is 4.90 Å². The first kappa shape index (κ1) is 24.0. The molecule has 1 N–H and O–H groups in total. The molecule has 0 radical (unpaired) electrons. The van der Waals surface area contributed by atoms with Gasteiger partial charge in [0, 0.05) is 26.2 Å². The lowest BCUT2D eigenvalue weighted by Gasteiger charge is -2.42. The van der Waals surface area contributed by atoms with Gasteiger partial charge in [0.05, 0.1) is 17.5 Å². The summed E-state index contributed by atoms with van der Waals surface area (Å²) in [6, 6.07) is 12.5. The van der Waals surface area contributed by atoms with E-state index in [1.807, 2.05) is 24.3 Å². The van der Waals surface area contributed by atoms with Gasteiger partial charge in [0.2, 0.25) is 11.8 Å². The highest BCUT2D eigenvalue weighted by atomic mass is 127. The quantitative estimate of drug-likeness (QED) is 0.227. The van der Waals surface area contributed by atoms with Gasteiger partial charge in [-0.2, -0.15) is 0 Å². The third-order valence-corrected chi connectivity index (χ3v) is 8.92. The van der Waals surface area contributed by atoms with Crippen molar-refractivity contribution in [1.29, 1.82) is 0 Å². The normalized spacial score (nSPS) is 27.1. The van der Waals surface area contributed by atoms with E-state index in [2.05, 4.69) is 22.6 Å². The first-order chi connectivity index (χ1) is 17.7. The highest BCUT2D eigenvalue weighted by Gasteiger charge is 2.56. The Morgan fingerprint density at radius 3 is 2.38 bits per heavy atom. The zero-order chi connectivity index (χ0) is 26.2. The smallest absolute Gasteiger partial charge is 0.238 e. The molecule has 1 heterocycles. The molecule has 4 unspecified atom stereocenters. The molecule has 1 aliphatic heterocycles. The van der Waals surface area contributed by atoms with Crippen molar-refractivity contribution < 1.29 is 24.3 Å². The van der Waals surface area contributed by atoms with E-state index in [0.717, 1.165) is 14.7 Å². The number of fused-ring (bicyclic) bond motifs is 3. The Kier molecular flexibility index (Phi) is 5.60. The maximum absolute atomic E-state index is 13.9. The van der Waals surface area contributed by atoms with Crippen molar-refractivity contribution >= 4 is 51.7 Å². The Morgan fingerprint density at radius 2 is 1.68 bits per heavy atom. The predicted octanol–water partition coefficient (Wildman–Crippen LogP) is 4.94. The second-order valence-electron chi connectivity index (χ2n) is 10.3. The van der Waals surface area contributed by atoms with Gasteiger partial charge in [-0.25, -0.2) is 0 Å². The van der Waals surface area contributed by atoms with Crippen molar-refractivity contribution in [2.24, 2.45) is 17.8 Å². The fourth-order valence-corrected chi connectivity index (χ4v) is 6.82. The van der Waals surface area contributed by atoms with Crippen LogP contribution in [0.5, 0.6) is 5.75 Å². The van der Waals surface area contributed by atoms with Crippen LogP contribution in [0.2, 0.25) is 0 Å². The number of aryl methyl sites for hydroxylation is 1. The minimum atomic E-state index is -0.601. The van der Waals surface area contributed by atoms with Gasteiger partial charge < -0.3 is 5.11 Å². The number of imide groups is 1. The van der Waals surface area contributed by atoms with Gasteiger partial charge in [-0.3, -0.25) is 24.1 Å². The largest absolute Gasteiger partial charge is 0.508 e. The summed E-state index contributed by atoms with van der Waals surface area (Å²) in [5.74, 6) is -2.68. The summed E-state index contributed by atoms with van der Waals surface area (Å²) in [5.41, 5.74) is 4.19. The van der Waals surface area contributed by atoms with Crippen LogP contribution in [0.25, 0.3) is 0 Å². The Balaban J connectivity index is 1.49. The molecule has 2 aromatic rings. The van der Waals surface area contributed by atoms with E-state index >= 15 is 0 Å². The van der Waals surface area contributed by atoms with Crippen LogP contribution in [0.15, 0.2) is 76.9 Å². The number of carbonyl (C=O) groups is 4. The maximum Gasteiger partial charge on any atom is 0.238 e. The molecule has 3 aliphatic carbocycles. The fraction of sp³-hybridized carbons (Fsp3) is 0.267. The topological polar surface area (TPSA) is 91.8 Å². The number of Topliss-reactive ketones (excluding diaryl/α,β-unsaturated/α-hetero) is 1. The summed E-state index contributed by atoms with van der Waals surface area (Å²) < 4.78 is 1.00. The second-order valence-corrected chi connectivity index (χ2v) is 11.5. The van der Waals surface area contributed by atoms with Crippen molar-refractivity contribution in [3.8, 4) is 5.75 Å². The van der Waals surface area contributed by atoms with E-state index in [1.54, 1.807) is 38.1 Å². The number of ketones is 2. The molecular weight excluding hydrogens is 581 g/mol. The van der Waals surface area contributed by atoms with Crippen LogP contribution in [0, 0.1) is 28.2 Å². The van der Waals surface area contributed by atoms with Crippen LogP contribution in [-0.4, -0.2) is 28.5 Å². The van der Waals surface area contributed by atoms with Gasteiger partial charge in [0.15, 0.2) is 11.6 Å². The first-order valence-electron chi connectivity index (χ1n) is 12.3. The molecule has 6 rings (SSSR count).